The maximum Gasteiger partial charge on any atom is 0.274 e. The summed E-state index contributed by atoms with van der Waals surface area (Å²) in [5.41, 5.74) is 4.52. The van der Waals surface area contributed by atoms with Crippen molar-refractivity contribution in [1.82, 2.24) is 9.97 Å². The molecule has 0 unspecified atom stereocenters. The van der Waals surface area contributed by atoms with Crippen LogP contribution in [-0.2, 0) is 4.79 Å². The van der Waals surface area contributed by atoms with E-state index in [1.54, 1.807) is 6.07 Å². The first kappa shape index (κ1) is 8.12. The summed E-state index contributed by atoms with van der Waals surface area (Å²) < 4.78 is 0. The molecule has 1 heterocycles. The minimum Gasteiger partial charge on any atom is -0.410 e. The smallest absolute Gasteiger partial charge is 0.274 e. The Bertz CT molecular complexity index is 309. The molecule has 1 aromatic heterocycles. The zero-order valence-electron chi connectivity index (χ0n) is 6.01. The molecular weight excluding hydrogens is 160 g/mol. The van der Waals surface area contributed by atoms with Crippen LogP contribution in [0.15, 0.2) is 23.6 Å². The van der Waals surface area contributed by atoms with Gasteiger partial charge in [0.1, 0.15) is 0 Å². The molecule has 1 amide bonds. The van der Waals surface area contributed by atoms with Gasteiger partial charge in [-0.25, -0.2) is 9.97 Å². The predicted octanol–water partition coefficient (Wildman–Crippen LogP) is -0.860. The molecule has 0 aliphatic heterocycles. The van der Waals surface area contributed by atoms with Crippen LogP contribution in [0.5, 0.6) is 0 Å². The molecule has 12 heavy (non-hydrogen) atoms. The van der Waals surface area contributed by atoms with E-state index in [0.29, 0.717) is 0 Å². The van der Waals surface area contributed by atoms with Crippen LogP contribution in [0.3, 0.4) is 0 Å². The molecule has 0 fully saturated rings. The molecule has 0 saturated heterocycles. The third-order valence-corrected chi connectivity index (χ3v) is 1.11. The normalized spacial score (nSPS) is 11.2. The zero-order chi connectivity index (χ0) is 8.97. The molecule has 3 N–H and O–H groups in total. The molecule has 0 radical (unpaired) electrons. The van der Waals surface area contributed by atoms with Crippen molar-refractivity contribution >= 4 is 11.6 Å². The van der Waals surface area contributed by atoms with Gasteiger partial charge in [-0.1, -0.05) is 5.16 Å². The molecule has 0 aliphatic rings. The SMILES string of the molecule is NC(=O)C(=NO)c1ncccn1. The maximum absolute atomic E-state index is 10.6. The van der Waals surface area contributed by atoms with Gasteiger partial charge in [0.25, 0.3) is 5.91 Å². The molecule has 0 aromatic carbocycles. The summed E-state index contributed by atoms with van der Waals surface area (Å²) >= 11 is 0. The molecule has 0 spiro atoms. The maximum atomic E-state index is 10.6. The largest absolute Gasteiger partial charge is 0.410 e. The third kappa shape index (κ3) is 1.54. The van der Waals surface area contributed by atoms with Gasteiger partial charge in [0.2, 0.25) is 5.71 Å². The molecule has 6 heteroatoms. The summed E-state index contributed by atoms with van der Waals surface area (Å²) in [5.74, 6) is -0.865. The zero-order valence-corrected chi connectivity index (χ0v) is 6.01. The van der Waals surface area contributed by atoms with Crippen molar-refractivity contribution < 1.29 is 10.0 Å². The lowest BCUT2D eigenvalue weighted by Crippen LogP contribution is -2.26. The number of nitrogens with zero attached hydrogens (tertiary/aromatic N) is 3. The van der Waals surface area contributed by atoms with E-state index in [2.05, 4.69) is 15.1 Å². The fraction of sp³-hybridized carbons (Fsp3) is 0. The Labute approximate surface area is 67.7 Å². The number of primary amides is 1. The number of oxime groups is 1. The Morgan fingerprint density at radius 2 is 2.08 bits per heavy atom. The highest BCUT2D eigenvalue weighted by molar-refractivity contribution is 6.43. The van der Waals surface area contributed by atoms with Crippen molar-refractivity contribution in [3.05, 3.63) is 24.3 Å². The van der Waals surface area contributed by atoms with Crippen molar-refractivity contribution in [2.45, 2.75) is 0 Å². The van der Waals surface area contributed by atoms with Gasteiger partial charge in [0, 0.05) is 12.4 Å². The molecular formula is C6H6N4O2. The Kier molecular flexibility index (Phi) is 2.32. The second-order valence-electron chi connectivity index (χ2n) is 1.89. The van der Waals surface area contributed by atoms with E-state index in [1.165, 1.54) is 12.4 Å². The van der Waals surface area contributed by atoms with E-state index < -0.39 is 5.91 Å². The molecule has 1 aromatic rings. The summed E-state index contributed by atoms with van der Waals surface area (Å²) in [7, 11) is 0. The van der Waals surface area contributed by atoms with Gasteiger partial charge in [-0.2, -0.15) is 0 Å². The number of carbonyl (C=O) groups is 1. The number of nitrogens with two attached hydrogens (primary N) is 1. The lowest BCUT2D eigenvalue weighted by Gasteiger charge is -1.95. The van der Waals surface area contributed by atoms with Crippen LogP contribution in [0.2, 0.25) is 0 Å². The minimum absolute atomic E-state index is 0.00694. The van der Waals surface area contributed by atoms with E-state index in [1.807, 2.05) is 0 Å². The molecule has 0 aliphatic carbocycles. The Hall–Kier alpha value is -1.98. The van der Waals surface area contributed by atoms with Gasteiger partial charge in [-0.15, -0.1) is 0 Å². The molecule has 0 bridgehead atoms. The van der Waals surface area contributed by atoms with Crippen LogP contribution in [0.1, 0.15) is 5.82 Å². The first-order chi connectivity index (χ1) is 5.75. The van der Waals surface area contributed by atoms with E-state index in [4.69, 9.17) is 10.9 Å². The van der Waals surface area contributed by atoms with Gasteiger partial charge in [0.05, 0.1) is 0 Å². The van der Waals surface area contributed by atoms with Gasteiger partial charge >= 0.3 is 0 Å². The van der Waals surface area contributed by atoms with Crippen LogP contribution >= 0.6 is 0 Å². The topological polar surface area (TPSA) is 101 Å². The number of carbonyl (C=O) groups excluding carboxylic acids is 1. The van der Waals surface area contributed by atoms with Crippen LogP contribution in [0.25, 0.3) is 0 Å². The molecule has 1 rings (SSSR count). The van der Waals surface area contributed by atoms with Crippen LogP contribution < -0.4 is 5.73 Å². The summed E-state index contributed by atoms with van der Waals surface area (Å²) in [6.45, 7) is 0. The van der Waals surface area contributed by atoms with Crippen molar-refractivity contribution in [3.63, 3.8) is 0 Å². The van der Waals surface area contributed by atoms with Gasteiger partial charge in [-0.3, -0.25) is 4.79 Å². The third-order valence-electron chi connectivity index (χ3n) is 1.11. The molecule has 62 valence electrons. The number of hydrogen-bond acceptors (Lipinski definition) is 5. The van der Waals surface area contributed by atoms with Gasteiger partial charge < -0.3 is 10.9 Å². The predicted molar refractivity (Wildman–Crippen MR) is 39.5 cm³/mol. The molecule has 6 nitrogen and oxygen atoms in total. The van der Waals surface area contributed by atoms with Crippen molar-refractivity contribution in [2.24, 2.45) is 10.9 Å². The summed E-state index contributed by atoms with van der Waals surface area (Å²) in [6.07, 6.45) is 2.83. The lowest BCUT2D eigenvalue weighted by atomic mass is 10.3. The van der Waals surface area contributed by atoms with Crippen molar-refractivity contribution in [1.29, 1.82) is 0 Å². The van der Waals surface area contributed by atoms with E-state index in [0.717, 1.165) is 0 Å². The fourth-order valence-electron chi connectivity index (χ4n) is 0.626. The van der Waals surface area contributed by atoms with Crippen LogP contribution in [0, 0.1) is 0 Å². The van der Waals surface area contributed by atoms with Crippen LogP contribution in [0.4, 0.5) is 0 Å². The van der Waals surface area contributed by atoms with E-state index >= 15 is 0 Å². The van der Waals surface area contributed by atoms with Gasteiger partial charge in [0.15, 0.2) is 5.82 Å². The van der Waals surface area contributed by atoms with Gasteiger partial charge in [-0.05, 0) is 6.07 Å². The summed E-state index contributed by atoms with van der Waals surface area (Å²) in [6, 6.07) is 1.57. The number of amides is 1. The highest BCUT2D eigenvalue weighted by atomic mass is 16.4. The number of rotatable bonds is 2. The Balaban J connectivity index is 3.05. The molecule has 0 atom stereocenters. The van der Waals surface area contributed by atoms with E-state index in [-0.39, 0.29) is 11.5 Å². The quantitative estimate of drug-likeness (QED) is 0.339. The first-order valence-electron chi connectivity index (χ1n) is 3.05. The molecule has 0 saturated carbocycles. The van der Waals surface area contributed by atoms with E-state index in [9.17, 15) is 4.79 Å². The highest BCUT2D eigenvalue weighted by Crippen LogP contribution is 1.90. The Morgan fingerprint density at radius 3 is 2.50 bits per heavy atom. The Morgan fingerprint density at radius 1 is 1.50 bits per heavy atom. The summed E-state index contributed by atoms with van der Waals surface area (Å²) in [5, 5.41) is 11.0. The summed E-state index contributed by atoms with van der Waals surface area (Å²) in [4.78, 5) is 17.9. The highest BCUT2D eigenvalue weighted by Gasteiger charge is 2.12. The minimum atomic E-state index is -0.872. The van der Waals surface area contributed by atoms with Crippen LogP contribution in [-0.4, -0.2) is 26.8 Å². The van der Waals surface area contributed by atoms with Crippen molar-refractivity contribution in [3.8, 4) is 0 Å². The monoisotopic (exact) mass is 166 g/mol. The first-order valence-corrected chi connectivity index (χ1v) is 3.05. The number of hydrogen-bond donors (Lipinski definition) is 2. The second kappa shape index (κ2) is 3.42. The lowest BCUT2D eigenvalue weighted by molar-refractivity contribution is -0.112. The standard InChI is InChI=1S/C6H6N4O2/c7-5(11)4(10-12)6-8-2-1-3-9-6/h1-3,12H,(H2,7,11). The average molecular weight is 166 g/mol. The van der Waals surface area contributed by atoms with Crippen molar-refractivity contribution in [2.75, 3.05) is 0 Å². The fourth-order valence-corrected chi connectivity index (χ4v) is 0.626. The average Bonchev–Trinajstić information content (AvgIpc) is 2.07. The number of aromatic nitrogens is 2. The second-order valence-corrected chi connectivity index (χ2v) is 1.89.